The van der Waals surface area contributed by atoms with E-state index in [-0.39, 0.29) is 49.7 Å². The molecule has 10 rings (SSSR count). The van der Waals surface area contributed by atoms with E-state index in [0.717, 1.165) is 80.0 Å². The molecule has 0 saturated carbocycles. The van der Waals surface area contributed by atoms with E-state index in [1.165, 1.54) is 25.8 Å². The summed E-state index contributed by atoms with van der Waals surface area (Å²) >= 11 is 1.47. The number of hydrogen-bond donors (Lipinski definition) is 2. The van der Waals surface area contributed by atoms with E-state index in [4.69, 9.17) is 37.9 Å². The Morgan fingerprint density at radius 3 is 2.21 bits per heavy atom. The smallest absolute Gasteiger partial charge is 0.331 e. The number of rotatable bonds is 17. The summed E-state index contributed by atoms with van der Waals surface area (Å²) in [5.74, 6) is 0.862. The van der Waals surface area contributed by atoms with Crippen molar-refractivity contribution in [3.8, 4) is 46.3 Å². The number of ether oxygens (including phenoxy) is 8. The summed E-state index contributed by atoms with van der Waals surface area (Å²) < 4.78 is 49.7. The summed E-state index contributed by atoms with van der Waals surface area (Å²) in [4.78, 5) is 57.7. The van der Waals surface area contributed by atoms with E-state index in [1.54, 1.807) is 19.2 Å². The highest BCUT2D eigenvalue weighted by atomic mass is 32.2. The number of hydrogen-bond acceptors (Lipinski definition) is 17. The third kappa shape index (κ3) is 9.37. The normalized spacial score (nSPS) is 24.4. The van der Waals surface area contributed by atoms with Crippen molar-refractivity contribution in [2.24, 2.45) is 0 Å². The monoisotopic (exact) mass is 1010 g/mol. The molecule has 7 atom stereocenters. The van der Waals surface area contributed by atoms with Crippen LogP contribution in [0.15, 0.2) is 18.2 Å². The summed E-state index contributed by atoms with van der Waals surface area (Å²) in [6.07, 6.45) is 11.3. The molecule has 3 aromatic rings. The fourth-order valence-electron chi connectivity index (χ4n) is 12.0. The highest BCUT2D eigenvalue weighted by Gasteiger charge is 2.60. The number of nitrogens with zero attached hydrogens (tertiary/aromatic N) is 2. The Bertz CT molecular complexity index is 2650. The topological polar surface area (TPSA) is 193 Å². The van der Waals surface area contributed by atoms with Crippen LogP contribution in [-0.4, -0.2) is 86.8 Å². The predicted octanol–water partition coefficient (Wildman–Crippen LogP) is 8.77. The van der Waals surface area contributed by atoms with Crippen LogP contribution in [0.3, 0.4) is 0 Å². The predicted molar refractivity (Wildman–Crippen MR) is 268 cm³/mol. The van der Waals surface area contributed by atoms with Gasteiger partial charge in [-0.3, -0.25) is 24.6 Å². The summed E-state index contributed by atoms with van der Waals surface area (Å²) in [5, 5.41) is 18.2. The number of nitrogens with one attached hydrogen (secondary N) is 2. The van der Waals surface area contributed by atoms with E-state index in [9.17, 15) is 19.6 Å². The van der Waals surface area contributed by atoms with E-state index in [0.29, 0.717) is 82.6 Å². The minimum Gasteiger partial charge on any atom is -0.493 e. The summed E-state index contributed by atoms with van der Waals surface area (Å²) in [6, 6.07) is 5.14. The minimum absolute atomic E-state index is 0.0872. The number of nitriles is 1. The third-order valence-corrected chi connectivity index (χ3v) is 16.8. The standard InChI is InChI=1S/C55H68N4O12S/c1-8-10-12-14-16-18-41(61)70-40-24-33-20-21-57-55(35(33)25-39(40)64-6)28-72-53-45-44(51-50(67-29-68-51)31(4)49(45)69-32(5)60)38(27-66-54(55)63)59-37(26-56)36-23-34-22-30(3)48(65-7)52(43(34)46(58-36)47(53)59)71-42(62)19-17-15-13-11-9-2/h22,24-25,36-38,46-47,53,57-58H,8-21,23,27-29H2,1-7H3/t36-,37+,38-,46+,47?,53-,55-/m1/s1. The number of piperazine rings is 1. The van der Waals surface area contributed by atoms with Gasteiger partial charge in [0.1, 0.15) is 18.4 Å². The first-order valence-corrected chi connectivity index (χ1v) is 26.9. The van der Waals surface area contributed by atoms with Crippen molar-refractivity contribution in [1.29, 1.82) is 5.26 Å². The Morgan fingerprint density at radius 2 is 1.53 bits per heavy atom. The zero-order valence-corrected chi connectivity index (χ0v) is 43.4. The van der Waals surface area contributed by atoms with Crippen LogP contribution in [0, 0.1) is 25.2 Å². The van der Waals surface area contributed by atoms with Crippen LogP contribution in [0.25, 0.3) is 0 Å². The summed E-state index contributed by atoms with van der Waals surface area (Å²) in [6.45, 7) is 9.53. The van der Waals surface area contributed by atoms with Crippen LogP contribution in [0.1, 0.15) is 160 Å². The van der Waals surface area contributed by atoms with Gasteiger partial charge in [0.05, 0.1) is 37.6 Å². The van der Waals surface area contributed by atoms with Gasteiger partial charge in [-0.2, -0.15) is 5.26 Å². The lowest BCUT2D eigenvalue weighted by Crippen LogP contribution is -2.69. The molecule has 386 valence electrons. The van der Waals surface area contributed by atoms with Crippen molar-refractivity contribution in [2.75, 3.05) is 39.9 Å². The lowest BCUT2D eigenvalue weighted by atomic mass is 9.72. The van der Waals surface area contributed by atoms with E-state index >= 15 is 4.79 Å². The molecule has 0 aromatic heterocycles. The van der Waals surface area contributed by atoms with Gasteiger partial charge in [-0.25, -0.2) is 4.79 Å². The second kappa shape index (κ2) is 21.9. The Kier molecular flexibility index (Phi) is 15.6. The fourth-order valence-corrected chi connectivity index (χ4v) is 13.7. The molecule has 2 saturated heterocycles. The Hall–Kier alpha value is -5.54. The molecular weight excluding hydrogens is 941 g/mol. The third-order valence-electron chi connectivity index (χ3n) is 15.3. The number of benzene rings is 3. The van der Waals surface area contributed by atoms with Crippen LogP contribution in [0.2, 0.25) is 0 Å². The lowest BCUT2D eigenvalue weighted by molar-refractivity contribution is -0.155. The maximum atomic E-state index is 15.3. The van der Waals surface area contributed by atoms with Crippen LogP contribution in [0.5, 0.6) is 40.2 Å². The van der Waals surface area contributed by atoms with Crippen molar-refractivity contribution in [3.05, 3.63) is 62.7 Å². The molecular formula is C55H68N4O12S. The minimum atomic E-state index is -1.44. The van der Waals surface area contributed by atoms with Crippen molar-refractivity contribution in [1.82, 2.24) is 15.5 Å². The van der Waals surface area contributed by atoms with Gasteiger partial charge in [-0.15, -0.1) is 11.8 Å². The fraction of sp³-hybridized carbons (Fsp3) is 0.582. The van der Waals surface area contributed by atoms with Gasteiger partial charge in [0.2, 0.25) is 6.79 Å². The molecule has 2 fully saturated rings. The molecule has 0 aliphatic carbocycles. The van der Waals surface area contributed by atoms with Crippen LogP contribution >= 0.6 is 11.8 Å². The maximum Gasteiger partial charge on any atom is 0.331 e. The van der Waals surface area contributed by atoms with Crippen molar-refractivity contribution in [3.63, 3.8) is 0 Å². The molecule has 1 spiro atoms. The number of unbranched alkanes of at least 4 members (excludes halogenated alkanes) is 8. The lowest BCUT2D eigenvalue weighted by Gasteiger charge is -2.59. The van der Waals surface area contributed by atoms with Gasteiger partial charge in [0, 0.05) is 66.4 Å². The van der Waals surface area contributed by atoms with Crippen molar-refractivity contribution < 1.29 is 57.1 Å². The average molecular weight is 1010 g/mol. The first-order chi connectivity index (χ1) is 34.9. The second-order valence-electron chi connectivity index (χ2n) is 19.9. The zero-order chi connectivity index (χ0) is 50.8. The molecule has 7 aliphatic rings. The highest BCUT2D eigenvalue weighted by Crippen LogP contribution is 2.63. The molecule has 17 heteroatoms. The Morgan fingerprint density at radius 1 is 0.819 bits per heavy atom. The first kappa shape index (κ1) is 51.4. The van der Waals surface area contributed by atoms with Crippen LogP contribution in [-0.2, 0) is 42.3 Å². The van der Waals surface area contributed by atoms with Gasteiger partial charge in [0.25, 0.3) is 0 Å². The maximum absolute atomic E-state index is 15.3. The van der Waals surface area contributed by atoms with Crippen molar-refractivity contribution >= 4 is 35.6 Å². The molecule has 7 aliphatic heterocycles. The number of methoxy groups -OCH3 is 2. The van der Waals surface area contributed by atoms with Gasteiger partial charge in [0.15, 0.2) is 40.0 Å². The largest absolute Gasteiger partial charge is 0.493 e. The van der Waals surface area contributed by atoms with Gasteiger partial charge in [-0.05, 0) is 73.9 Å². The van der Waals surface area contributed by atoms with Gasteiger partial charge >= 0.3 is 23.9 Å². The number of fused-ring (bicyclic) bond motifs is 9. The molecule has 2 N–H and O–H groups in total. The summed E-state index contributed by atoms with van der Waals surface area (Å²) in [7, 11) is 3.08. The molecule has 7 heterocycles. The number of esters is 4. The molecule has 0 amide bonds. The Balaban J connectivity index is 1.19. The summed E-state index contributed by atoms with van der Waals surface area (Å²) in [5.41, 5.74) is 4.31. The quantitative estimate of drug-likeness (QED) is 0.0740. The number of carbonyl (C=O) groups excluding carboxylic acids is 4. The van der Waals surface area contributed by atoms with Crippen LogP contribution in [0.4, 0.5) is 0 Å². The molecule has 0 radical (unpaired) electrons. The van der Waals surface area contributed by atoms with E-state index in [1.807, 2.05) is 13.8 Å². The zero-order valence-electron chi connectivity index (χ0n) is 42.6. The van der Waals surface area contributed by atoms with E-state index in [2.05, 4.69) is 41.5 Å². The number of thioether (sulfide) groups is 1. The molecule has 1 unspecified atom stereocenters. The molecule has 72 heavy (non-hydrogen) atoms. The molecule has 4 bridgehead atoms. The average Bonchev–Trinajstić information content (AvgIpc) is 3.86. The van der Waals surface area contributed by atoms with Gasteiger partial charge in [-0.1, -0.05) is 71.3 Å². The molecule has 16 nitrogen and oxygen atoms in total. The van der Waals surface area contributed by atoms with Crippen molar-refractivity contribution in [2.45, 2.75) is 166 Å². The highest BCUT2D eigenvalue weighted by molar-refractivity contribution is 7.99. The number of aryl methyl sites for hydroxylation is 1. The molecule has 3 aromatic carbocycles. The Labute approximate surface area is 426 Å². The second-order valence-corrected chi connectivity index (χ2v) is 21.0. The van der Waals surface area contributed by atoms with E-state index < -0.39 is 52.9 Å². The number of carbonyl (C=O) groups is 4. The SMILES string of the molecule is CCCCCCCC(=O)Oc1cc2c(cc1OC)[C@@]1(CS[C@@H]3c4c(OC(C)=O)c(C)c5c(c4[C@@H](COC1=O)N1C3[C@H]3N[C@H](Cc4cc(C)c(OC)c(OC(=O)CCCCCCC)c43)[C@@H]1C#N)OCO5)NCC2. The van der Waals surface area contributed by atoms with Crippen LogP contribution < -0.4 is 43.8 Å². The first-order valence-electron chi connectivity index (χ1n) is 25.8. The van der Waals surface area contributed by atoms with Gasteiger partial charge < -0.3 is 43.2 Å².